The Bertz CT molecular complexity index is 920. The summed E-state index contributed by atoms with van der Waals surface area (Å²) in [5.41, 5.74) is 2.45. The molecule has 0 bridgehead atoms. The second-order valence-corrected chi connectivity index (χ2v) is 6.54. The van der Waals surface area contributed by atoms with Gasteiger partial charge in [0.25, 0.3) is 0 Å². The first-order chi connectivity index (χ1) is 12.3. The molecule has 0 fully saturated rings. The second kappa shape index (κ2) is 7.32. The molecule has 0 heterocycles. The maximum Gasteiger partial charge on any atom is 0.162 e. The van der Waals surface area contributed by atoms with Gasteiger partial charge in [0.2, 0.25) is 0 Å². The number of rotatable bonds is 4. The van der Waals surface area contributed by atoms with Crippen LogP contribution >= 0.6 is 0 Å². The molecule has 0 spiro atoms. The molecule has 0 aliphatic rings. The van der Waals surface area contributed by atoms with Crippen LogP contribution in [0.4, 0.5) is 17.6 Å². The molecular formula is C22H18F4. The van der Waals surface area contributed by atoms with Crippen LogP contribution in [0.2, 0.25) is 0 Å². The van der Waals surface area contributed by atoms with Gasteiger partial charge >= 0.3 is 0 Å². The van der Waals surface area contributed by atoms with Crippen molar-refractivity contribution in [1.82, 2.24) is 0 Å². The third-order valence-electron chi connectivity index (χ3n) is 4.49. The highest BCUT2D eigenvalue weighted by atomic mass is 19.2. The van der Waals surface area contributed by atoms with E-state index in [0.29, 0.717) is 0 Å². The molecule has 0 unspecified atom stereocenters. The van der Waals surface area contributed by atoms with Crippen molar-refractivity contribution in [3.05, 3.63) is 105 Å². The van der Waals surface area contributed by atoms with E-state index in [4.69, 9.17) is 0 Å². The average Bonchev–Trinajstić information content (AvgIpc) is 2.61. The predicted molar refractivity (Wildman–Crippen MR) is 94.2 cm³/mol. The van der Waals surface area contributed by atoms with Gasteiger partial charge in [0, 0.05) is 18.4 Å². The Morgan fingerprint density at radius 3 is 1.58 bits per heavy atom. The van der Waals surface area contributed by atoms with E-state index in [-0.39, 0.29) is 35.1 Å². The van der Waals surface area contributed by atoms with E-state index < -0.39 is 23.3 Å². The standard InChI is InChI=1S/C22H18F4/c1-13-3-5-15(6-4-13)9-17-7-8-18(22(26)21(17)25)10-16-11-19(23)14(2)20(24)12-16/h3-8,11-12H,9-10H2,1-2H3. The molecular weight excluding hydrogens is 340 g/mol. The first-order valence-corrected chi connectivity index (χ1v) is 8.31. The van der Waals surface area contributed by atoms with Crippen LogP contribution in [0.3, 0.4) is 0 Å². The minimum atomic E-state index is -0.976. The quantitative estimate of drug-likeness (QED) is 0.499. The Morgan fingerprint density at radius 1 is 0.615 bits per heavy atom. The molecule has 0 aliphatic carbocycles. The van der Waals surface area contributed by atoms with E-state index in [1.807, 2.05) is 31.2 Å². The summed E-state index contributed by atoms with van der Waals surface area (Å²) in [5, 5.41) is 0. The minimum absolute atomic E-state index is 0.0674. The lowest BCUT2D eigenvalue weighted by atomic mass is 9.98. The number of hydrogen-bond acceptors (Lipinski definition) is 0. The Hall–Kier alpha value is -2.62. The minimum Gasteiger partial charge on any atom is -0.207 e. The zero-order valence-electron chi connectivity index (χ0n) is 14.5. The SMILES string of the molecule is Cc1ccc(Cc2ccc(Cc3cc(F)c(C)c(F)c3)c(F)c2F)cc1. The van der Waals surface area contributed by atoms with Crippen molar-refractivity contribution in [2.45, 2.75) is 26.7 Å². The van der Waals surface area contributed by atoms with Crippen molar-refractivity contribution < 1.29 is 17.6 Å². The van der Waals surface area contributed by atoms with Crippen LogP contribution in [0.5, 0.6) is 0 Å². The molecule has 0 aromatic heterocycles. The Balaban J connectivity index is 1.86. The smallest absolute Gasteiger partial charge is 0.162 e. The Morgan fingerprint density at radius 2 is 1.08 bits per heavy atom. The molecule has 3 aromatic rings. The zero-order chi connectivity index (χ0) is 18.8. The topological polar surface area (TPSA) is 0 Å². The first kappa shape index (κ1) is 18.2. The van der Waals surface area contributed by atoms with E-state index >= 15 is 0 Å². The molecule has 0 radical (unpaired) electrons. The lowest BCUT2D eigenvalue weighted by molar-refractivity contribution is 0.493. The fraction of sp³-hybridized carbons (Fsp3) is 0.182. The van der Waals surface area contributed by atoms with Gasteiger partial charge in [-0.25, -0.2) is 17.6 Å². The largest absolute Gasteiger partial charge is 0.207 e. The molecule has 0 aliphatic heterocycles. The maximum atomic E-state index is 14.4. The van der Waals surface area contributed by atoms with E-state index in [1.165, 1.54) is 19.1 Å². The molecule has 3 aromatic carbocycles. The molecule has 0 nitrogen and oxygen atoms in total. The van der Waals surface area contributed by atoms with Crippen LogP contribution in [0, 0.1) is 37.1 Å². The lowest BCUT2D eigenvalue weighted by Crippen LogP contribution is -2.02. The van der Waals surface area contributed by atoms with E-state index in [1.54, 1.807) is 0 Å². The normalized spacial score (nSPS) is 11.0. The first-order valence-electron chi connectivity index (χ1n) is 8.31. The van der Waals surface area contributed by atoms with Crippen LogP contribution in [-0.2, 0) is 12.8 Å². The zero-order valence-corrected chi connectivity index (χ0v) is 14.5. The van der Waals surface area contributed by atoms with Crippen LogP contribution < -0.4 is 0 Å². The van der Waals surface area contributed by atoms with Crippen LogP contribution in [-0.4, -0.2) is 0 Å². The molecule has 0 saturated heterocycles. The summed E-state index contributed by atoms with van der Waals surface area (Å²) in [5.74, 6) is -3.29. The van der Waals surface area contributed by atoms with Crippen molar-refractivity contribution in [2.75, 3.05) is 0 Å². The van der Waals surface area contributed by atoms with Gasteiger partial charge in [0.1, 0.15) is 11.6 Å². The summed E-state index contributed by atoms with van der Waals surface area (Å²) < 4.78 is 56.2. The highest BCUT2D eigenvalue weighted by molar-refractivity contribution is 5.36. The number of halogens is 4. The third kappa shape index (κ3) is 3.79. The summed E-state index contributed by atoms with van der Waals surface area (Å²) in [6, 6.07) is 12.9. The molecule has 3 rings (SSSR count). The predicted octanol–water partition coefficient (Wildman–Crippen LogP) is 6.04. The van der Waals surface area contributed by atoms with Gasteiger partial charge in [-0.05, 0) is 48.2 Å². The fourth-order valence-electron chi connectivity index (χ4n) is 2.85. The summed E-state index contributed by atoms with van der Waals surface area (Å²) in [6.07, 6.45) is 0.193. The Labute approximate surface area is 150 Å². The highest BCUT2D eigenvalue weighted by Gasteiger charge is 2.15. The van der Waals surface area contributed by atoms with E-state index in [0.717, 1.165) is 23.3 Å². The molecule has 134 valence electrons. The van der Waals surface area contributed by atoms with Crippen molar-refractivity contribution in [1.29, 1.82) is 0 Å². The summed E-state index contributed by atoms with van der Waals surface area (Å²) >= 11 is 0. The van der Waals surface area contributed by atoms with Crippen LogP contribution in [0.15, 0.2) is 48.5 Å². The molecule has 26 heavy (non-hydrogen) atoms. The van der Waals surface area contributed by atoms with Gasteiger partial charge in [-0.3, -0.25) is 0 Å². The van der Waals surface area contributed by atoms with Crippen molar-refractivity contribution in [3.63, 3.8) is 0 Å². The summed E-state index contributed by atoms with van der Waals surface area (Å²) in [6.45, 7) is 3.28. The van der Waals surface area contributed by atoms with Gasteiger partial charge in [0.05, 0.1) is 0 Å². The molecule has 0 amide bonds. The monoisotopic (exact) mass is 358 g/mol. The Kier molecular flexibility index (Phi) is 5.12. The third-order valence-corrected chi connectivity index (χ3v) is 4.49. The summed E-state index contributed by atoms with van der Waals surface area (Å²) in [7, 11) is 0. The molecule has 0 saturated carbocycles. The van der Waals surface area contributed by atoms with Crippen molar-refractivity contribution in [3.8, 4) is 0 Å². The van der Waals surface area contributed by atoms with Gasteiger partial charge < -0.3 is 0 Å². The lowest BCUT2D eigenvalue weighted by Gasteiger charge is -2.10. The maximum absolute atomic E-state index is 14.4. The number of benzene rings is 3. The fourth-order valence-corrected chi connectivity index (χ4v) is 2.85. The number of hydrogen-bond donors (Lipinski definition) is 0. The van der Waals surface area contributed by atoms with Crippen molar-refractivity contribution >= 4 is 0 Å². The van der Waals surface area contributed by atoms with Crippen LogP contribution in [0.25, 0.3) is 0 Å². The molecule has 0 atom stereocenters. The van der Waals surface area contributed by atoms with Gasteiger partial charge in [-0.2, -0.15) is 0 Å². The van der Waals surface area contributed by atoms with Crippen molar-refractivity contribution in [2.24, 2.45) is 0 Å². The average molecular weight is 358 g/mol. The number of aryl methyl sites for hydroxylation is 1. The highest BCUT2D eigenvalue weighted by Crippen LogP contribution is 2.23. The van der Waals surface area contributed by atoms with Gasteiger partial charge in [0.15, 0.2) is 11.6 Å². The van der Waals surface area contributed by atoms with E-state index in [9.17, 15) is 17.6 Å². The van der Waals surface area contributed by atoms with Gasteiger partial charge in [-0.1, -0.05) is 42.0 Å². The second-order valence-electron chi connectivity index (χ2n) is 6.54. The van der Waals surface area contributed by atoms with Gasteiger partial charge in [-0.15, -0.1) is 0 Å². The molecule has 0 N–H and O–H groups in total. The summed E-state index contributed by atoms with van der Waals surface area (Å²) in [4.78, 5) is 0. The van der Waals surface area contributed by atoms with Crippen LogP contribution in [0.1, 0.15) is 33.4 Å². The molecule has 4 heteroatoms. The van der Waals surface area contributed by atoms with E-state index in [2.05, 4.69) is 0 Å².